The van der Waals surface area contributed by atoms with Gasteiger partial charge in [-0.05, 0) is 110 Å². The average molecular weight is 1460 g/mol. The molecule has 2 aliphatic carbocycles. The van der Waals surface area contributed by atoms with Crippen LogP contribution in [0.5, 0.6) is 23.0 Å². The van der Waals surface area contributed by atoms with Gasteiger partial charge in [0.1, 0.15) is 6.04 Å². The van der Waals surface area contributed by atoms with Crippen LogP contribution < -0.4 is 34.9 Å². The van der Waals surface area contributed by atoms with Crippen molar-refractivity contribution in [2.75, 3.05) is 146 Å². The fourth-order valence-corrected chi connectivity index (χ4v) is 12.6. The molecule has 3 aromatic rings. The Morgan fingerprint density at radius 1 is 0.571 bits per heavy atom. The molecule has 3 aromatic carbocycles. The molecule has 1 fully saturated rings. The van der Waals surface area contributed by atoms with E-state index >= 15 is 0 Å². The highest BCUT2D eigenvalue weighted by molar-refractivity contribution is 6.13. The van der Waals surface area contributed by atoms with Crippen molar-refractivity contribution in [3.8, 4) is 23.0 Å². The number of hydrogen-bond donors (Lipinski definition) is 3. The lowest BCUT2D eigenvalue weighted by molar-refractivity contribution is -0.137. The van der Waals surface area contributed by atoms with Crippen molar-refractivity contribution in [1.29, 1.82) is 0 Å². The van der Waals surface area contributed by atoms with Gasteiger partial charge in [-0.3, -0.25) is 53.2 Å². The van der Waals surface area contributed by atoms with Crippen molar-refractivity contribution in [1.82, 2.24) is 25.8 Å². The molecule has 2 bridgehead atoms. The minimum atomic E-state index is -0.845. The maximum atomic E-state index is 13.9. The van der Waals surface area contributed by atoms with E-state index in [0.29, 0.717) is 183 Å². The molecular formula is C78H103N7O20. The zero-order chi connectivity index (χ0) is 74.3. The summed E-state index contributed by atoms with van der Waals surface area (Å²) >= 11 is 0. The molecule has 4 heterocycles. The van der Waals surface area contributed by atoms with Crippen LogP contribution in [0.25, 0.3) is 5.57 Å². The molecule has 3 N–H and O–H groups in total. The van der Waals surface area contributed by atoms with E-state index in [0.717, 1.165) is 35.3 Å². The number of nitrogens with zero attached hydrogens (tertiary/aromatic N) is 4. The first-order valence-electron chi connectivity index (χ1n) is 36.7. The van der Waals surface area contributed by atoms with E-state index in [9.17, 15) is 38.4 Å². The molecule has 27 nitrogen and oxygen atoms in total. The predicted octanol–water partition coefficient (Wildman–Crippen LogP) is 7.67. The second-order valence-electron chi connectivity index (χ2n) is 26.8. The summed E-state index contributed by atoms with van der Waals surface area (Å²) in [6.45, 7) is 12.0. The zero-order valence-electron chi connectivity index (χ0n) is 61.2. The van der Waals surface area contributed by atoms with Crippen LogP contribution in [0.4, 0.5) is 11.4 Å². The fourth-order valence-electron chi connectivity index (χ4n) is 12.6. The Kier molecular flexibility index (Phi) is 32.7. The SMILES string of the molecule is COc1cc2c(cc1OCCCOc1cc3c(cc1OC)C(=O)N1C=C(C4CC4)C[C@H]1C=N3)N=C[C@@H]1CC(c3ccc(CCC(=O)[C@H](C)NC(=O)C(NC(=O)CCOCCOCCOCCOCCOCCOCCOCCOCCNC(=O)CCN4C(=O)C=CC4=O)C(C)C)cc3)=CC(CCC2=O)C1. The van der Waals surface area contributed by atoms with Gasteiger partial charge in [0.05, 0.1) is 162 Å². The molecule has 5 atom stereocenters. The van der Waals surface area contributed by atoms with Gasteiger partial charge in [0, 0.05) is 93.7 Å². The highest BCUT2D eigenvalue weighted by atomic mass is 16.6. The molecule has 0 aromatic heterocycles. The third-order valence-electron chi connectivity index (χ3n) is 18.6. The van der Waals surface area contributed by atoms with Gasteiger partial charge in [-0.2, -0.15) is 0 Å². The number of imide groups is 1. The number of aliphatic imine (C=N–C) groups is 2. The number of fused-ring (bicyclic) bond motifs is 5. The summed E-state index contributed by atoms with van der Waals surface area (Å²) in [5, 5.41) is 8.31. The Morgan fingerprint density at radius 2 is 1.12 bits per heavy atom. The maximum absolute atomic E-state index is 13.9. The highest BCUT2D eigenvalue weighted by Crippen LogP contribution is 2.45. The highest BCUT2D eigenvalue weighted by Gasteiger charge is 2.38. The summed E-state index contributed by atoms with van der Waals surface area (Å²) in [6, 6.07) is 13.5. The molecule has 0 spiro atoms. The van der Waals surface area contributed by atoms with Crippen LogP contribution in [0.15, 0.2) is 88.5 Å². The summed E-state index contributed by atoms with van der Waals surface area (Å²) in [5.74, 6) is 0.333. The first-order chi connectivity index (χ1) is 51.0. The first-order valence-corrected chi connectivity index (χ1v) is 36.7. The van der Waals surface area contributed by atoms with E-state index in [1.165, 1.54) is 36.1 Å². The summed E-state index contributed by atoms with van der Waals surface area (Å²) in [4.78, 5) is 115. The monoisotopic (exact) mass is 1460 g/mol. The van der Waals surface area contributed by atoms with Gasteiger partial charge in [-0.25, -0.2) is 0 Å². The molecule has 6 amide bonds. The Balaban J connectivity index is 0.579. The third-order valence-corrected chi connectivity index (χ3v) is 18.6. The minimum Gasteiger partial charge on any atom is -0.493 e. The summed E-state index contributed by atoms with van der Waals surface area (Å²) in [6.07, 6.45) is 17.6. The average Bonchev–Trinajstić information content (AvgIpc) is 1.65. The van der Waals surface area contributed by atoms with Crippen LogP contribution in [0.2, 0.25) is 0 Å². The van der Waals surface area contributed by atoms with Gasteiger partial charge in [-0.15, -0.1) is 0 Å². The number of amides is 6. The molecule has 570 valence electrons. The normalized spacial score (nSPS) is 18.1. The molecule has 0 saturated heterocycles. The van der Waals surface area contributed by atoms with Crippen molar-refractivity contribution in [3.63, 3.8) is 0 Å². The first kappa shape index (κ1) is 80.6. The number of carbonyl (C=O) groups excluding carboxylic acids is 8. The van der Waals surface area contributed by atoms with Gasteiger partial charge in [0.15, 0.2) is 34.6 Å². The van der Waals surface area contributed by atoms with Crippen molar-refractivity contribution in [2.24, 2.45) is 33.7 Å². The topological polar surface area (TPSA) is 315 Å². The third kappa shape index (κ3) is 25.6. The summed E-state index contributed by atoms with van der Waals surface area (Å²) in [7, 11) is 3.10. The number of ether oxygens (including phenoxy) is 12. The lowest BCUT2D eigenvalue weighted by atomic mass is 9.78. The second-order valence-corrected chi connectivity index (χ2v) is 26.8. The molecule has 2 unspecified atom stereocenters. The van der Waals surface area contributed by atoms with Crippen molar-refractivity contribution in [3.05, 3.63) is 101 Å². The summed E-state index contributed by atoms with van der Waals surface area (Å²) in [5.41, 5.74) is 6.57. The predicted molar refractivity (Wildman–Crippen MR) is 390 cm³/mol. The van der Waals surface area contributed by atoms with Crippen LogP contribution in [-0.2, 0) is 73.1 Å². The molecule has 0 radical (unpaired) electrons. The van der Waals surface area contributed by atoms with Crippen LogP contribution in [0.3, 0.4) is 0 Å². The number of aryl methyl sites for hydroxylation is 1. The van der Waals surface area contributed by atoms with E-state index in [2.05, 4.69) is 34.2 Å². The van der Waals surface area contributed by atoms with E-state index in [-0.39, 0.29) is 98.7 Å². The van der Waals surface area contributed by atoms with Gasteiger partial charge in [0.25, 0.3) is 17.7 Å². The molecule has 1 saturated carbocycles. The molecule has 105 heavy (non-hydrogen) atoms. The fraction of sp³-hybridized carbons (Fsp3) is 0.564. The molecule has 9 rings (SSSR count). The Morgan fingerprint density at radius 3 is 1.70 bits per heavy atom. The number of allylic oxidation sites excluding steroid dienone is 2. The Bertz CT molecular complexity index is 3570. The minimum absolute atomic E-state index is 0.0231. The molecular weight excluding hydrogens is 1350 g/mol. The van der Waals surface area contributed by atoms with Crippen LogP contribution in [-0.4, -0.2) is 234 Å². The van der Waals surface area contributed by atoms with Gasteiger partial charge < -0.3 is 77.7 Å². The smallest absolute Gasteiger partial charge is 0.260 e. The number of methoxy groups -OCH3 is 2. The van der Waals surface area contributed by atoms with E-state index in [1.54, 1.807) is 50.3 Å². The lowest BCUT2D eigenvalue weighted by Gasteiger charge is -2.27. The Labute approximate surface area is 614 Å². The number of Topliss-reactive ketones (excluding diaryl/α,β-unsaturated/α-hetero) is 2. The standard InChI is InChI=1S/C78H103N7O20/c1-52(2)76(83-73(89)20-25-96-27-29-98-31-33-100-35-37-102-39-40-103-38-36-101-34-32-99-30-28-97-26-21-79-72(88)19-22-84-74(90)17-18-75(84)91)77(92)82-53(3)66(86)15-9-54-7-11-57(12-8-54)59-42-55-10-16-67(87)62-45-68(94-4)70(47-64(62)80-49-56(41-55)43-59)104-23-6-24-105-71-48-65-63(46-69(71)95-5)78(93)85-51-60(58-13-14-58)44-61(85)50-81-65/h7-8,11-12,17-18,42,45-53,55-56,58,61,76H,6,9-10,13-16,19-41,43-44H2,1-5H3,(H,79,88)(H,82,92)(H,83,89)/t53-,55?,56-,61-,76?/m0/s1. The number of nitrogens with one attached hydrogen (secondary N) is 3. The Hall–Kier alpha value is -8.54. The van der Waals surface area contributed by atoms with Gasteiger partial charge in [0.2, 0.25) is 17.7 Å². The van der Waals surface area contributed by atoms with E-state index in [4.69, 9.17) is 66.8 Å². The quantitative estimate of drug-likeness (QED) is 0.0361. The van der Waals surface area contributed by atoms with Crippen LogP contribution in [0.1, 0.15) is 123 Å². The lowest BCUT2D eigenvalue weighted by Crippen LogP contribution is -2.53. The number of hydrogen-bond acceptors (Lipinski definition) is 22. The number of ketones is 2. The van der Waals surface area contributed by atoms with Crippen molar-refractivity contribution in [2.45, 2.75) is 116 Å². The van der Waals surface area contributed by atoms with E-state index < -0.39 is 29.8 Å². The second kappa shape index (κ2) is 42.6. The van der Waals surface area contributed by atoms with E-state index in [1.807, 2.05) is 44.6 Å². The number of rotatable bonds is 48. The number of carbonyl (C=O) groups is 8. The molecule has 27 heteroatoms. The van der Waals surface area contributed by atoms with Gasteiger partial charge >= 0.3 is 0 Å². The van der Waals surface area contributed by atoms with Crippen molar-refractivity contribution >= 4 is 76.4 Å². The maximum Gasteiger partial charge on any atom is 0.260 e. The van der Waals surface area contributed by atoms with Crippen LogP contribution >= 0.6 is 0 Å². The molecule has 4 aliphatic heterocycles. The van der Waals surface area contributed by atoms with Gasteiger partial charge in [-0.1, -0.05) is 44.2 Å². The zero-order valence-corrected chi connectivity index (χ0v) is 61.2. The van der Waals surface area contributed by atoms with Crippen molar-refractivity contribution < 1.29 is 95.2 Å². The number of benzene rings is 3. The summed E-state index contributed by atoms with van der Waals surface area (Å²) < 4.78 is 68.0. The van der Waals surface area contributed by atoms with Crippen LogP contribution in [0, 0.1) is 23.7 Å². The largest absolute Gasteiger partial charge is 0.493 e. The molecule has 6 aliphatic rings.